The van der Waals surface area contributed by atoms with E-state index in [4.69, 9.17) is 0 Å². The van der Waals surface area contributed by atoms with Crippen molar-refractivity contribution in [1.82, 2.24) is 20.9 Å². The Bertz CT molecular complexity index is 473. The number of halogens is 1. The van der Waals surface area contributed by atoms with Gasteiger partial charge in [-0.1, -0.05) is 19.3 Å². The van der Waals surface area contributed by atoms with Gasteiger partial charge in [-0.15, -0.1) is 12.4 Å². The number of hydrogen-bond acceptors (Lipinski definition) is 4. The molecule has 1 saturated carbocycles. The number of imide groups is 1. The summed E-state index contributed by atoms with van der Waals surface area (Å²) in [5, 5.41) is 8.95. The van der Waals surface area contributed by atoms with Gasteiger partial charge in [0.15, 0.2) is 0 Å². The van der Waals surface area contributed by atoms with E-state index in [2.05, 4.69) is 16.0 Å². The molecule has 3 rings (SSSR count). The minimum absolute atomic E-state index is 0. The van der Waals surface area contributed by atoms with Crippen LogP contribution in [0.5, 0.6) is 0 Å². The summed E-state index contributed by atoms with van der Waals surface area (Å²) in [6, 6.07) is -0.338. The Balaban J connectivity index is 0.00000192. The number of carbonyl (C=O) groups is 3. The van der Waals surface area contributed by atoms with Crippen molar-refractivity contribution in [3.8, 4) is 0 Å². The SMILES string of the molecule is Cl.O=C(CN1C(=O)NC2(CCCCC2)C1=O)N[C@H]1CCCNC1. The zero-order valence-corrected chi connectivity index (χ0v) is 14.0. The highest BCUT2D eigenvalue weighted by atomic mass is 35.5. The lowest BCUT2D eigenvalue weighted by molar-refractivity contribution is -0.136. The topological polar surface area (TPSA) is 90.5 Å². The molecule has 0 aromatic rings. The molecule has 3 aliphatic rings. The molecule has 2 saturated heterocycles. The largest absolute Gasteiger partial charge is 0.351 e. The van der Waals surface area contributed by atoms with Gasteiger partial charge in [-0.25, -0.2) is 4.79 Å². The maximum Gasteiger partial charge on any atom is 0.325 e. The quantitative estimate of drug-likeness (QED) is 0.651. The smallest absolute Gasteiger partial charge is 0.325 e. The Labute approximate surface area is 142 Å². The van der Waals surface area contributed by atoms with Gasteiger partial charge in [-0.05, 0) is 32.2 Å². The molecular formula is C15H25ClN4O3. The molecular weight excluding hydrogens is 320 g/mol. The second-order valence-electron chi connectivity index (χ2n) is 6.58. The molecule has 2 heterocycles. The van der Waals surface area contributed by atoms with Gasteiger partial charge in [-0.3, -0.25) is 14.5 Å². The molecule has 1 spiro atoms. The molecule has 0 aromatic heterocycles. The fourth-order valence-electron chi connectivity index (χ4n) is 3.71. The zero-order chi connectivity index (χ0) is 15.6. The van der Waals surface area contributed by atoms with Gasteiger partial charge in [0.05, 0.1) is 0 Å². The molecule has 1 atom stereocenters. The molecule has 130 valence electrons. The molecule has 2 aliphatic heterocycles. The van der Waals surface area contributed by atoms with Gasteiger partial charge in [-0.2, -0.15) is 0 Å². The summed E-state index contributed by atoms with van der Waals surface area (Å²) in [6.45, 7) is 1.54. The number of rotatable bonds is 3. The number of piperidine rings is 1. The van der Waals surface area contributed by atoms with Gasteiger partial charge >= 0.3 is 6.03 Å². The Morgan fingerprint density at radius 2 is 1.96 bits per heavy atom. The Kier molecular flexibility index (Phi) is 5.86. The Morgan fingerprint density at radius 3 is 2.61 bits per heavy atom. The normalized spacial score (nSPS) is 26.6. The second-order valence-corrected chi connectivity index (χ2v) is 6.58. The van der Waals surface area contributed by atoms with Crippen LogP contribution in [0.3, 0.4) is 0 Å². The third kappa shape index (κ3) is 3.77. The molecule has 7 nitrogen and oxygen atoms in total. The van der Waals surface area contributed by atoms with Gasteiger partial charge in [0.1, 0.15) is 12.1 Å². The van der Waals surface area contributed by atoms with Crippen molar-refractivity contribution in [2.24, 2.45) is 0 Å². The first-order valence-corrected chi connectivity index (χ1v) is 8.25. The Morgan fingerprint density at radius 1 is 1.22 bits per heavy atom. The van der Waals surface area contributed by atoms with E-state index < -0.39 is 11.6 Å². The number of urea groups is 1. The van der Waals surface area contributed by atoms with Crippen molar-refractivity contribution in [1.29, 1.82) is 0 Å². The first kappa shape index (κ1) is 18.0. The van der Waals surface area contributed by atoms with Crippen LogP contribution in [0.25, 0.3) is 0 Å². The van der Waals surface area contributed by atoms with Crippen LogP contribution in [-0.4, -0.2) is 54.0 Å². The van der Waals surface area contributed by atoms with Crippen molar-refractivity contribution >= 4 is 30.3 Å². The van der Waals surface area contributed by atoms with E-state index in [9.17, 15) is 14.4 Å². The molecule has 4 amide bonds. The van der Waals surface area contributed by atoms with Crippen molar-refractivity contribution in [3.05, 3.63) is 0 Å². The third-order valence-electron chi connectivity index (χ3n) is 4.92. The first-order chi connectivity index (χ1) is 10.6. The maximum atomic E-state index is 12.6. The lowest BCUT2D eigenvalue weighted by Crippen LogP contribution is -2.51. The van der Waals surface area contributed by atoms with Crippen molar-refractivity contribution in [2.45, 2.75) is 56.5 Å². The molecule has 1 aliphatic carbocycles. The lowest BCUT2D eigenvalue weighted by atomic mass is 9.82. The average molecular weight is 345 g/mol. The Hall–Kier alpha value is -1.34. The number of hydrogen-bond donors (Lipinski definition) is 3. The summed E-state index contributed by atoms with van der Waals surface area (Å²) in [6.07, 6.45) is 6.31. The van der Waals surface area contributed by atoms with E-state index >= 15 is 0 Å². The summed E-state index contributed by atoms with van der Waals surface area (Å²) in [5.74, 6) is -0.487. The van der Waals surface area contributed by atoms with E-state index in [0.29, 0.717) is 12.8 Å². The number of nitrogens with zero attached hydrogens (tertiary/aromatic N) is 1. The molecule has 0 aromatic carbocycles. The van der Waals surface area contributed by atoms with E-state index in [1.807, 2.05) is 0 Å². The molecule has 8 heteroatoms. The molecule has 23 heavy (non-hydrogen) atoms. The second kappa shape index (κ2) is 7.49. The van der Waals surface area contributed by atoms with Crippen LogP contribution in [0.4, 0.5) is 4.79 Å². The van der Waals surface area contributed by atoms with Gasteiger partial charge in [0.2, 0.25) is 5.91 Å². The van der Waals surface area contributed by atoms with E-state index in [0.717, 1.165) is 50.1 Å². The molecule has 3 N–H and O–H groups in total. The first-order valence-electron chi connectivity index (χ1n) is 8.25. The van der Waals surface area contributed by atoms with Crippen LogP contribution in [0.2, 0.25) is 0 Å². The van der Waals surface area contributed by atoms with Crippen molar-refractivity contribution < 1.29 is 14.4 Å². The summed E-state index contributed by atoms with van der Waals surface area (Å²) in [7, 11) is 0. The standard InChI is InChI=1S/C15H24N4O3.ClH/c20-12(17-11-5-4-8-16-9-11)10-19-13(21)15(18-14(19)22)6-2-1-3-7-15;/h11,16H,1-10H2,(H,17,20)(H,18,22);1H/t11-;/m0./s1. The summed E-state index contributed by atoms with van der Waals surface area (Å²) in [5.41, 5.74) is -0.748. The van der Waals surface area contributed by atoms with Gasteiger partial charge < -0.3 is 16.0 Å². The highest BCUT2D eigenvalue weighted by Gasteiger charge is 2.51. The van der Waals surface area contributed by atoms with Crippen LogP contribution < -0.4 is 16.0 Å². The zero-order valence-electron chi connectivity index (χ0n) is 13.2. The molecule has 0 bridgehead atoms. The minimum Gasteiger partial charge on any atom is -0.351 e. The highest BCUT2D eigenvalue weighted by Crippen LogP contribution is 2.33. The highest BCUT2D eigenvalue weighted by molar-refractivity contribution is 6.09. The molecule has 3 fully saturated rings. The third-order valence-corrected chi connectivity index (χ3v) is 4.92. The van der Waals surface area contributed by atoms with Crippen LogP contribution in [0.1, 0.15) is 44.9 Å². The van der Waals surface area contributed by atoms with E-state index in [1.54, 1.807) is 0 Å². The fourth-order valence-corrected chi connectivity index (χ4v) is 3.71. The van der Waals surface area contributed by atoms with E-state index in [-0.39, 0.29) is 36.8 Å². The molecule has 0 unspecified atom stereocenters. The molecule has 0 radical (unpaired) electrons. The van der Waals surface area contributed by atoms with Gasteiger partial charge in [0, 0.05) is 12.6 Å². The summed E-state index contributed by atoms with van der Waals surface area (Å²) >= 11 is 0. The maximum absolute atomic E-state index is 12.6. The van der Waals surface area contributed by atoms with E-state index in [1.165, 1.54) is 0 Å². The predicted molar refractivity (Wildman–Crippen MR) is 87.3 cm³/mol. The van der Waals surface area contributed by atoms with Crippen LogP contribution >= 0.6 is 12.4 Å². The fraction of sp³-hybridized carbons (Fsp3) is 0.800. The number of amides is 4. The minimum atomic E-state index is -0.748. The van der Waals surface area contributed by atoms with Crippen molar-refractivity contribution in [3.63, 3.8) is 0 Å². The van der Waals surface area contributed by atoms with Crippen LogP contribution in [0, 0.1) is 0 Å². The number of carbonyl (C=O) groups excluding carboxylic acids is 3. The monoisotopic (exact) mass is 344 g/mol. The average Bonchev–Trinajstić information content (AvgIpc) is 2.73. The summed E-state index contributed by atoms with van der Waals surface area (Å²) in [4.78, 5) is 37.9. The van der Waals surface area contributed by atoms with Gasteiger partial charge in [0.25, 0.3) is 5.91 Å². The van der Waals surface area contributed by atoms with Crippen molar-refractivity contribution in [2.75, 3.05) is 19.6 Å². The van der Waals surface area contributed by atoms with Crippen LogP contribution in [-0.2, 0) is 9.59 Å². The lowest BCUT2D eigenvalue weighted by Gasteiger charge is -2.30. The predicted octanol–water partition coefficient (Wildman–Crippen LogP) is 0.531. The van der Waals surface area contributed by atoms with Crippen LogP contribution in [0.15, 0.2) is 0 Å². The summed E-state index contributed by atoms with van der Waals surface area (Å²) < 4.78 is 0. The number of nitrogens with one attached hydrogen (secondary N) is 3.